The van der Waals surface area contributed by atoms with Crippen LogP contribution < -0.4 is 15.0 Å². The molecule has 4 heteroatoms. The Kier molecular flexibility index (Phi) is 5.41. The Morgan fingerprint density at radius 2 is 2.05 bits per heavy atom. The summed E-state index contributed by atoms with van der Waals surface area (Å²) in [5.41, 5.74) is 2.80. The lowest BCUT2D eigenvalue weighted by molar-refractivity contribution is -0.106. The molecule has 1 atom stereocenters. The Morgan fingerprint density at radius 1 is 1.35 bits per heavy atom. The molecule has 4 nitrogen and oxygen atoms in total. The number of piperazine rings is 1. The second-order valence-corrected chi connectivity index (χ2v) is 5.35. The van der Waals surface area contributed by atoms with Gasteiger partial charge in [0.25, 0.3) is 0 Å². The van der Waals surface area contributed by atoms with Crippen molar-refractivity contribution in [3.05, 3.63) is 23.8 Å². The molecule has 0 bridgehead atoms. The number of fused-ring (bicyclic) bond motifs is 1. The SMILES string of the molecule is CC1COc2cccc(N3CCNCC3)c2C1.CC=O. The van der Waals surface area contributed by atoms with Crippen LogP contribution in [0, 0.1) is 5.92 Å². The molecule has 1 fully saturated rings. The van der Waals surface area contributed by atoms with Crippen molar-refractivity contribution in [1.82, 2.24) is 5.32 Å². The number of carbonyl (C=O) groups excluding carboxylic acids is 1. The molecule has 3 rings (SSSR count). The molecule has 1 saturated heterocycles. The molecule has 0 aromatic heterocycles. The second-order valence-electron chi connectivity index (χ2n) is 5.35. The minimum Gasteiger partial charge on any atom is -0.493 e. The number of aldehydes is 1. The van der Waals surface area contributed by atoms with Gasteiger partial charge < -0.3 is 19.7 Å². The van der Waals surface area contributed by atoms with E-state index in [1.165, 1.54) is 18.2 Å². The fourth-order valence-electron chi connectivity index (χ4n) is 2.74. The number of benzene rings is 1. The molecule has 1 aromatic carbocycles. The van der Waals surface area contributed by atoms with Crippen LogP contribution >= 0.6 is 0 Å². The first-order valence-electron chi connectivity index (χ1n) is 7.36. The van der Waals surface area contributed by atoms with Gasteiger partial charge in [-0.15, -0.1) is 0 Å². The maximum Gasteiger partial charge on any atom is 0.124 e. The van der Waals surface area contributed by atoms with Gasteiger partial charge in [0.1, 0.15) is 12.0 Å². The van der Waals surface area contributed by atoms with Crippen molar-refractivity contribution < 1.29 is 9.53 Å². The molecule has 0 spiro atoms. The first-order valence-corrected chi connectivity index (χ1v) is 7.36. The van der Waals surface area contributed by atoms with Crippen molar-refractivity contribution in [1.29, 1.82) is 0 Å². The number of nitrogens with zero attached hydrogens (tertiary/aromatic N) is 1. The smallest absolute Gasteiger partial charge is 0.124 e. The van der Waals surface area contributed by atoms with E-state index in [1.807, 2.05) is 0 Å². The third-order valence-electron chi connectivity index (χ3n) is 3.64. The summed E-state index contributed by atoms with van der Waals surface area (Å²) in [6.07, 6.45) is 1.90. The van der Waals surface area contributed by atoms with E-state index in [1.54, 1.807) is 0 Å². The first-order chi connectivity index (χ1) is 9.76. The molecular formula is C16H24N2O2. The van der Waals surface area contributed by atoms with Crippen molar-refractivity contribution in [3.63, 3.8) is 0 Å². The van der Waals surface area contributed by atoms with Crippen LogP contribution in [-0.4, -0.2) is 39.1 Å². The van der Waals surface area contributed by atoms with Crippen molar-refractivity contribution >= 4 is 12.0 Å². The van der Waals surface area contributed by atoms with Gasteiger partial charge in [0.05, 0.1) is 6.61 Å². The summed E-state index contributed by atoms with van der Waals surface area (Å²) in [6, 6.07) is 6.46. The zero-order valence-electron chi connectivity index (χ0n) is 12.4. The third-order valence-corrected chi connectivity index (χ3v) is 3.64. The summed E-state index contributed by atoms with van der Waals surface area (Å²) >= 11 is 0. The van der Waals surface area contributed by atoms with Crippen LogP contribution in [0.2, 0.25) is 0 Å². The monoisotopic (exact) mass is 276 g/mol. The average molecular weight is 276 g/mol. The lowest BCUT2D eigenvalue weighted by Gasteiger charge is -2.34. The van der Waals surface area contributed by atoms with Gasteiger partial charge in [-0.3, -0.25) is 0 Å². The van der Waals surface area contributed by atoms with E-state index in [4.69, 9.17) is 9.53 Å². The molecule has 2 aliphatic rings. The molecule has 2 aliphatic heterocycles. The standard InChI is InChI=1S/C14H20N2O.C2H4O/c1-11-9-12-13(16-7-5-15-6-8-16)3-2-4-14(12)17-10-11;1-2-3/h2-4,11,15H,5-10H2,1H3;2H,1H3. The summed E-state index contributed by atoms with van der Waals surface area (Å²) < 4.78 is 5.82. The number of ether oxygens (including phenoxy) is 1. The minimum atomic E-state index is 0.631. The number of nitrogens with one attached hydrogen (secondary N) is 1. The van der Waals surface area contributed by atoms with Crippen LogP contribution in [0.4, 0.5) is 5.69 Å². The largest absolute Gasteiger partial charge is 0.493 e. The molecule has 1 aromatic rings. The topological polar surface area (TPSA) is 41.6 Å². The molecule has 0 amide bonds. The van der Waals surface area contributed by atoms with Crippen molar-refractivity contribution in [2.75, 3.05) is 37.7 Å². The van der Waals surface area contributed by atoms with Crippen molar-refractivity contribution in [2.24, 2.45) is 5.92 Å². The van der Waals surface area contributed by atoms with Crippen LogP contribution in [0.3, 0.4) is 0 Å². The van der Waals surface area contributed by atoms with Gasteiger partial charge in [0, 0.05) is 37.4 Å². The predicted octanol–water partition coefficient (Wildman–Crippen LogP) is 1.87. The number of carbonyl (C=O) groups is 1. The highest BCUT2D eigenvalue weighted by molar-refractivity contribution is 5.60. The molecule has 0 aliphatic carbocycles. The summed E-state index contributed by atoms with van der Waals surface area (Å²) in [6.45, 7) is 8.94. The van der Waals surface area contributed by atoms with Gasteiger partial charge in [0.2, 0.25) is 0 Å². The van der Waals surface area contributed by atoms with E-state index in [0.717, 1.165) is 51.2 Å². The molecule has 110 valence electrons. The summed E-state index contributed by atoms with van der Waals surface area (Å²) in [7, 11) is 0. The Bertz CT molecular complexity index is 442. The minimum absolute atomic E-state index is 0.631. The van der Waals surface area contributed by atoms with E-state index in [2.05, 4.69) is 35.3 Å². The van der Waals surface area contributed by atoms with Crippen LogP contribution in [0.5, 0.6) is 5.75 Å². The summed E-state index contributed by atoms with van der Waals surface area (Å²) in [5.74, 6) is 1.73. The van der Waals surface area contributed by atoms with Gasteiger partial charge in [0.15, 0.2) is 0 Å². The maximum atomic E-state index is 8.81. The Labute approximate surface area is 121 Å². The first kappa shape index (κ1) is 14.9. The number of rotatable bonds is 1. The quantitative estimate of drug-likeness (QED) is 0.795. The van der Waals surface area contributed by atoms with E-state index in [9.17, 15) is 0 Å². The number of anilines is 1. The molecule has 1 unspecified atom stereocenters. The molecule has 0 radical (unpaired) electrons. The lowest BCUT2D eigenvalue weighted by atomic mass is 9.96. The molecule has 1 N–H and O–H groups in total. The van der Waals surface area contributed by atoms with Crippen LogP contribution in [0.1, 0.15) is 19.4 Å². The second kappa shape index (κ2) is 7.29. The highest BCUT2D eigenvalue weighted by Crippen LogP contribution is 2.35. The van der Waals surface area contributed by atoms with Gasteiger partial charge in [-0.25, -0.2) is 0 Å². The zero-order valence-corrected chi connectivity index (χ0v) is 12.4. The van der Waals surface area contributed by atoms with E-state index in [-0.39, 0.29) is 0 Å². The fourth-order valence-corrected chi connectivity index (χ4v) is 2.74. The maximum absolute atomic E-state index is 8.81. The van der Waals surface area contributed by atoms with Crippen LogP contribution in [0.15, 0.2) is 18.2 Å². The molecule has 0 saturated carbocycles. The van der Waals surface area contributed by atoms with Gasteiger partial charge >= 0.3 is 0 Å². The molecule has 20 heavy (non-hydrogen) atoms. The number of hydrogen-bond donors (Lipinski definition) is 1. The average Bonchev–Trinajstić information content (AvgIpc) is 2.48. The molecule has 2 heterocycles. The normalized spacial score (nSPS) is 21.1. The van der Waals surface area contributed by atoms with E-state index in [0.29, 0.717) is 5.92 Å². The third kappa shape index (κ3) is 3.51. The summed E-state index contributed by atoms with van der Waals surface area (Å²) in [4.78, 5) is 11.3. The van der Waals surface area contributed by atoms with Gasteiger partial charge in [-0.05, 0) is 31.4 Å². The lowest BCUT2D eigenvalue weighted by Crippen LogP contribution is -2.44. The van der Waals surface area contributed by atoms with E-state index < -0.39 is 0 Å². The van der Waals surface area contributed by atoms with Crippen molar-refractivity contribution in [2.45, 2.75) is 20.3 Å². The van der Waals surface area contributed by atoms with Crippen LogP contribution in [0.25, 0.3) is 0 Å². The van der Waals surface area contributed by atoms with E-state index >= 15 is 0 Å². The zero-order chi connectivity index (χ0) is 14.4. The van der Waals surface area contributed by atoms with Gasteiger partial charge in [-0.2, -0.15) is 0 Å². The predicted molar refractivity (Wildman–Crippen MR) is 81.6 cm³/mol. The Balaban J connectivity index is 0.000000452. The fraction of sp³-hybridized carbons (Fsp3) is 0.562. The Hall–Kier alpha value is -1.55. The highest BCUT2D eigenvalue weighted by atomic mass is 16.5. The van der Waals surface area contributed by atoms with Crippen LogP contribution in [-0.2, 0) is 11.2 Å². The van der Waals surface area contributed by atoms with Crippen molar-refractivity contribution in [3.8, 4) is 5.75 Å². The number of hydrogen-bond acceptors (Lipinski definition) is 4. The van der Waals surface area contributed by atoms with Gasteiger partial charge in [-0.1, -0.05) is 13.0 Å². The molecular weight excluding hydrogens is 252 g/mol. The highest BCUT2D eigenvalue weighted by Gasteiger charge is 2.22. The Morgan fingerprint density at radius 3 is 2.75 bits per heavy atom. The summed E-state index contributed by atoms with van der Waals surface area (Å²) in [5, 5.41) is 3.40.